The summed E-state index contributed by atoms with van der Waals surface area (Å²) in [7, 11) is 1.59. The lowest BCUT2D eigenvalue weighted by Crippen LogP contribution is -2.33. The number of ether oxygens (including phenoxy) is 3. The van der Waals surface area contributed by atoms with Gasteiger partial charge in [0.1, 0.15) is 35.8 Å². The second-order valence-electron chi connectivity index (χ2n) is 7.79. The number of rotatable bonds is 6. The number of fused-ring (bicyclic) bond motifs is 3. The Labute approximate surface area is 195 Å². The third kappa shape index (κ3) is 4.40. The summed E-state index contributed by atoms with van der Waals surface area (Å²) in [6.07, 6.45) is 2.16. The van der Waals surface area contributed by atoms with E-state index < -0.39 is 0 Å². The van der Waals surface area contributed by atoms with E-state index in [9.17, 15) is 4.79 Å². The van der Waals surface area contributed by atoms with Gasteiger partial charge in [0.2, 0.25) is 11.2 Å². The van der Waals surface area contributed by atoms with Gasteiger partial charge in [-0.25, -0.2) is 0 Å². The maximum atomic E-state index is 13.1. The summed E-state index contributed by atoms with van der Waals surface area (Å²) < 4.78 is 22.7. The fraction of sp³-hybridized carbons (Fsp3) is 0.192. The van der Waals surface area contributed by atoms with E-state index in [1.54, 1.807) is 37.4 Å². The highest BCUT2D eigenvalue weighted by Crippen LogP contribution is 2.33. The van der Waals surface area contributed by atoms with Gasteiger partial charge in [0.25, 0.3) is 0 Å². The summed E-state index contributed by atoms with van der Waals surface area (Å²) in [6.45, 7) is 1.84. The van der Waals surface area contributed by atoms with Crippen molar-refractivity contribution >= 4 is 22.6 Å². The number of hydrogen-bond donors (Lipinski definition) is 0. The lowest BCUT2D eigenvalue weighted by atomic mass is 10.1. The van der Waals surface area contributed by atoms with Gasteiger partial charge in [0.15, 0.2) is 0 Å². The number of halogens is 1. The van der Waals surface area contributed by atoms with Crippen molar-refractivity contribution in [1.29, 1.82) is 0 Å². The third-order valence-electron chi connectivity index (χ3n) is 5.70. The van der Waals surface area contributed by atoms with Crippen LogP contribution in [0.15, 0.2) is 76.1 Å². The van der Waals surface area contributed by atoms with Crippen molar-refractivity contribution in [1.82, 2.24) is 4.90 Å². The monoisotopic (exact) mass is 463 g/mol. The average Bonchev–Trinajstić information content (AvgIpc) is 2.85. The largest absolute Gasteiger partial charge is 0.497 e. The van der Waals surface area contributed by atoms with Gasteiger partial charge in [0.05, 0.1) is 18.1 Å². The highest BCUT2D eigenvalue weighted by molar-refractivity contribution is 6.31. The van der Waals surface area contributed by atoms with Crippen LogP contribution in [0.4, 0.5) is 0 Å². The highest BCUT2D eigenvalue weighted by Gasteiger charge is 2.23. The molecule has 5 rings (SSSR count). The van der Waals surface area contributed by atoms with E-state index in [4.69, 9.17) is 30.2 Å². The van der Waals surface area contributed by atoms with Crippen molar-refractivity contribution in [3.8, 4) is 23.0 Å². The van der Waals surface area contributed by atoms with Gasteiger partial charge in [0, 0.05) is 18.1 Å². The number of nitrogens with zero attached hydrogens (tertiary/aromatic N) is 1. The molecule has 168 valence electrons. The molecule has 1 aliphatic heterocycles. The highest BCUT2D eigenvalue weighted by atomic mass is 35.5. The van der Waals surface area contributed by atoms with Gasteiger partial charge in [-0.3, -0.25) is 9.69 Å². The van der Waals surface area contributed by atoms with Gasteiger partial charge in [-0.2, -0.15) is 0 Å². The molecule has 0 radical (unpaired) electrons. The quantitative estimate of drug-likeness (QED) is 0.368. The van der Waals surface area contributed by atoms with Gasteiger partial charge in [-0.15, -0.1) is 0 Å². The molecule has 7 heteroatoms. The van der Waals surface area contributed by atoms with Gasteiger partial charge >= 0.3 is 0 Å². The molecule has 1 aliphatic rings. The topological polar surface area (TPSA) is 61.1 Å². The van der Waals surface area contributed by atoms with Crippen molar-refractivity contribution in [3.05, 3.63) is 93.3 Å². The zero-order chi connectivity index (χ0) is 22.8. The van der Waals surface area contributed by atoms with Crippen molar-refractivity contribution in [2.75, 3.05) is 20.4 Å². The van der Waals surface area contributed by atoms with Crippen LogP contribution >= 0.6 is 11.6 Å². The molecule has 0 amide bonds. The first-order valence-electron chi connectivity index (χ1n) is 10.6. The molecule has 0 saturated carbocycles. The number of methoxy groups -OCH3 is 1. The summed E-state index contributed by atoms with van der Waals surface area (Å²) in [5.41, 5.74) is 2.23. The van der Waals surface area contributed by atoms with E-state index in [0.717, 1.165) is 34.9 Å². The van der Waals surface area contributed by atoms with Crippen LogP contribution in [0.2, 0.25) is 5.02 Å². The summed E-state index contributed by atoms with van der Waals surface area (Å²) in [4.78, 5) is 15.3. The molecule has 0 aliphatic carbocycles. The molecular weight excluding hydrogens is 442 g/mol. The predicted octanol–water partition coefficient (Wildman–Crippen LogP) is 5.64. The fourth-order valence-electron chi connectivity index (χ4n) is 3.90. The van der Waals surface area contributed by atoms with Gasteiger partial charge < -0.3 is 18.6 Å². The molecule has 0 atom stereocenters. The van der Waals surface area contributed by atoms with E-state index in [-0.39, 0.29) is 11.2 Å². The predicted molar refractivity (Wildman–Crippen MR) is 127 cm³/mol. The second-order valence-corrected chi connectivity index (χ2v) is 8.20. The Kier molecular flexibility index (Phi) is 5.94. The van der Waals surface area contributed by atoms with Gasteiger partial charge in [-0.05, 0) is 54.4 Å². The smallest absolute Gasteiger partial charge is 0.235 e. The SMILES string of the molecule is COc1ccc(Oc2coc3c4c(ccc3c2=O)OCN(CCc2ccccc2Cl)C4)cc1. The van der Waals surface area contributed by atoms with E-state index >= 15 is 0 Å². The molecule has 0 spiro atoms. The standard InChI is InChI=1S/C26H22ClNO5/c1-30-18-6-8-19(9-7-18)33-24-15-31-26-20(25(24)29)10-11-23-21(26)14-28(16-32-23)13-12-17-4-2-3-5-22(17)27/h2-11,15H,12-14,16H2,1H3. The Morgan fingerprint density at radius 3 is 2.61 bits per heavy atom. The van der Waals surface area contributed by atoms with Crippen LogP contribution in [0, 0.1) is 0 Å². The summed E-state index contributed by atoms with van der Waals surface area (Å²) in [6, 6.07) is 18.4. The maximum absolute atomic E-state index is 13.1. The molecule has 3 aromatic carbocycles. The minimum Gasteiger partial charge on any atom is -0.497 e. The van der Waals surface area contributed by atoms with Crippen molar-refractivity contribution in [3.63, 3.8) is 0 Å². The number of hydrogen-bond acceptors (Lipinski definition) is 6. The number of benzene rings is 3. The molecule has 6 nitrogen and oxygen atoms in total. The van der Waals surface area contributed by atoms with Crippen molar-refractivity contribution < 1.29 is 18.6 Å². The Morgan fingerprint density at radius 1 is 1.03 bits per heavy atom. The molecule has 0 saturated heterocycles. The van der Waals surface area contributed by atoms with Crippen LogP contribution < -0.4 is 19.6 Å². The van der Waals surface area contributed by atoms with Crippen molar-refractivity contribution in [2.24, 2.45) is 0 Å². The van der Waals surface area contributed by atoms with Crippen LogP contribution in [0.5, 0.6) is 23.0 Å². The Balaban J connectivity index is 1.38. The summed E-state index contributed by atoms with van der Waals surface area (Å²) in [5.74, 6) is 2.08. The Morgan fingerprint density at radius 2 is 1.82 bits per heavy atom. The Bertz CT molecular complexity index is 1350. The molecule has 0 bridgehead atoms. The molecule has 0 N–H and O–H groups in total. The van der Waals surface area contributed by atoms with Crippen LogP contribution in [-0.4, -0.2) is 25.3 Å². The zero-order valence-corrected chi connectivity index (χ0v) is 18.8. The summed E-state index contributed by atoms with van der Waals surface area (Å²) >= 11 is 6.29. The van der Waals surface area contributed by atoms with Crippen LogP contribution in [0.3, 0.4) is 0 Å². The second kappa shape index (κ2) is 9.17. The minimum atomic E-state index is -0.233. The third-order valence-corrected chi connectivity index (χ3v) is 6.07. The van der Waals surface area contributed by atoms with Crippen LogP contribution in [-0.2, 0) is 13.0 Å². The average molecular weight is 464 g/mol. The van der Waals surface area contributed by atoms with E-state index in [1.807, 2.05) is 30.3 Å². The zero-order valence-electron chi connectivity index (χ0n) is 18.0. The lowest BCUT2D eigenvalue weighted by Gasteiger charge is -2.29. The van der Waals surface area contributed by atoms with Crippen LogP contribution in [0.1, 0.15) is 11.1 Å². The lowest BCUT2D eigenvalue weighted by molar-refractivity contribution is 0.0968. The minimum absolute atomic E-state index is 0.125. The molecule has 1 aromatic heterocycles. The summed E-state index contributed by atoms with van der Waals surface area (Å²) in [5, 5.41) is 1.22. The van der Waals surface area contributed by atoms with Crippen LogP contribution in [0.25, 0.3) is 11.0 Å². The molecule has 4 aromatic rings. The van der Waals surface area contributed by atoms with E-state index in [1.165, 1.54) is 6.26 Å². The molecule has 0 unspecified atom stereocenters. The van der Waals surface area contributed by atoms with Gasteiger partial charge in [-0.1, -0.05) is 29.8 Å². The molecule has 2 heterocycles. The molecule has 0 fully saturated rings. The molecule has 33 heavy (non-hydrogen) atoms. The van der Waals surface area contributed by atoms with Crippen molar-refractivity contribution in [2.45, 2.75) is 13.0 Å². The fourth-order valence-corrected chi connectivity index (χ4v) is 4.13. The Hall–Kier alpha value is -3.48. The molecular formula is C26H22ClNO5. The maximum Gasteiger partial charge on any atom is 0.235 e. The first-order chi connectivity index (χ1) is 16.1. The first kappa shape index (κ1) is 21.4. The normalized spacial score (nSPS) is 13.4. The first-order valence-corrected chi connectivity index (χ1v) is 11.0. The van der Waals surface area contributed by atoms with E-state index in [2.05, 4.69) is 4.90 Å². The van der Waals surface area contributed by atoms with E-state index in [0.29, 0.717) is 35.7 Å².